The molecule has 2 aromatic rings. The van der Waals surface area contributed by atoms with Gasteiger partial charge in [0.15, 0.2) is 5.82 Å². The molecule has 0 atom stereocenters. The summed E-state index contributed by atoms with van der Waals surface area (Å²) in [4.78, 5) is 22.4. The van der Waals surface area contributed by atoms with Gasteiger partial charge in [-0.2, -0.15) is 5.10 Å². The molecule has 1 heterocycles. The number of carboxylic acid groups (broad SMARTS) is 1. The van der Waals surface area contributed by atoms with Gasteiger partial charge in [0.05, 0.1) is 7.11 Å². The Morgan fingerprint density at radius 1 is 1.36 bits per heavy atom. The smallest absolute Gasteiger partial charge is 0.325 e. The van der Waals surface area contributed by atoms with E-state index in [4.69, 9.17) is 9.84 Å². The van der Waals surface area contributed by atoms with Crippen molar-refractivity contribution in [2.24, 2.45) is 0 Å². The van der Waals surface area contributed by atoms with Crippen LogP contribution in [0.5, 0.6) is 5.75 Å². The highest BCUT2D eigenvalue weighted by Crippen LogP contribution is 2.14. The van der Waals surface area contributed by atoms with E-state index < -0.39 is 5.97 Å². The van der Waals surface area contributed by atoms with Gasteiger partial charge in [-0.05, 0) is 24.1 Å². The second-order valence-electron chi connectivity index (χ2n) is 4.69. The van der Waals surface area contributed by atoms with Crippen LogP contribution in [0.4, 0.5) is 5.82 Å². The van der Waals surface area contributed by atoms with Crippen LogP contribution >= 0.6 is 0 Å². The average molecular weight is 303 g/mol. The lowest BCUT2D eigenvalue weighted by Crippen LogP contribution is -2.14. The highest BCUT2D eigenvalue weighted by Gasteiger charge is 2.07. The summed E-state index contributed by atoms with van der Waals surface area (Å²) in [6.07, 6.45) is 2.39. The quantitative estimate of drug-likeness (QED) is 0.809. The maximum atomic E-state index is 11.9. The summed E-state index contributed by atoms with van der Waals surface area (Å²) in [5.74, 6) is -0.0652. The molecule has 7 nitrogen and oxygen atoms in total. The van der Waals surface area contributed by atoms with E-state index in [0.29, 0.717) is 18.7 Å². The van der Waals surface area contributed by atoms with Crippen LogP contribution in [-0.2, 0) is 22.6 Å². The number of nitrogens with one attached hydrogen (secondary N) is 1. The van der Waals surface area contributed by atoms with Crippen molar-refractivity contribution >= 4 is 17.7 Å². The predicted octanol–water partition coefficient (Wildman–Crippen LogP) is 1.55. The Morgan fingerprint density at radius 3 is 2.91 bits per heavy atom. The monoisotopic (exact) mass is 303 g/mol. The largest absolute Gasteiger partial charge is 0.497 e. The maximum absolute atomic E-state index is 11.9. The maximum Gasteiger partial charge on any atom is 0.325 e. The standard InChI is InChI=1S/C15H17N3O4/c1-22-12-4-2-3-11(9-12)5-6-14(19)16-13-7-8-18(17-13)10-15(20)21/h2-4,7-9H,5-6,10H2,1H3,(H,20,21)(H,16,17,19). The van der Waals surface area contributed by atoms with E-state index in [9.17, 15) is 9.59 Å². The lowest BCUT2D eigenvalue weighted by atomic mass is 10.1. The Morgan fingerprint density at radius 2 is 2.18 bits per heavy atom. The van der Waals surface area contributed by atoms with Gasteiger partial charge in [-0.1, -0.05) is 12.1 Å². The minimum Gasteiger partial charge on any atom is -0.497 e. The van der Waals surface area contributed by atoms with Crippen molar-refractivity contribution < 1.29 is 19.4 Å². The Labute approximate surface area is 127 Å². The highest BCUT2D eigenvalue weighted by atomic mass is 16.5. The third-order valence-corrected chi connectivity index (χ3v) is 2.98. The number of methoxy groups -OCH3 is 1. The van der Waals surface area contributed by atoms with Gasteiger partial charge in [0, 0.05) is 18.7 Å². The molecule has 2 N–H and O–H groups in total. The summed E-state index contributed by atoms with van der Waals surface area (Å²) < 4.78 is 6.38. The van der Waals surface area contributed by atoms with Crippen molar-refractivity contribution in [2.45, 2.75) is 19.4 Å². The van der Waals surface area contributed by atoms with Crippen molar-refractivity contribution in [3.8, 4) is 5.75 Å². The van der Waals surface area contributed by atoms with Crippen LogP contribution in [0.15, 0.2) is 36.5 Å². The fourth-order valence-electron chi connectivity index (χ4n) is 1.95. The lowest BCUT2D eigenvalue weighted by Gasteiger charge is -2.05. The lowest BCUT2D eigenvalue weighted by molar-refractivity contribution is -0.137. The number of hydrogen-bond donors (Lipinski definition) is 2. The number of aryl methyl sites for hydroxylation is 1. The van der Waals surface area contributed by atoms with Gasteiger partial charge in [0.2, 0.25) is 5.91 Å². The summed E-state index contributed by atoms with van der Waals surface area (Å²) in [6, 6.07) is 9.09. The molecule has 1 aromatic heterocycles. The van der Waals surface area contributed by atoms with Crippen molar-refractivity contribution in [1.82, 2.24) is 9.78 Å². The third-order valence-electron chi connectivity index (χ3n) is 2.98. The molecular weight excluding hydrogens is 286 g/mol. The first-order valence-electron chi connectivity index (χ1n) is 6.75. The second kappa shape index (κ2) is 7.26. The van der Waals surface area contributed by atoms with Gasteiger partial charge in [0.25, 0.3) is 0 Å². The number of carboxylic acids is 1. The van der Waals surface area contributed by atoms with Crippen LogP contribution in [0, 0.1) is 0 Å². The van der Waals surface area contributed by atoms with Crippen molar-refractivity contribution in [2.75, 3.05) is 12.4 Å². The number of aromatic nitrogens is 2. The summed E-state index contributed by atoms with van der Waals surface area (Å²) in [6.45, 7) is -0.236. The molecule has 0 radical (unpaired) electrons. The van der Waals surface area contributed by atoms with Gasteiger partial charge in [-0.25, -0.2) is 0 Å². The zero-order chi connectivity index (χ0) is 15.9. The molecule has 7 heteroatoms. The predicted molar refractivity (Wildman–Crippen MR) is 79.8 cm³/mol. The number of amides is 1. The van der Waals surface area contributed by atoms with Crippen molar-refractivity contribution in [1.29, 1.82) is 0 Å². The Balaban J connectivity index is 1.84. The minimum absolute atomic E-state index is 0.177. The summed E-state index contributed by atoms with van der Waals surface area (Å²) >= 11 is 0. The van der Waals surface area contributed by atoms with Crippen LogP contribution in [-0.4, -0.2) is 33.9 Å². The average Bonchev–Trinajstić information content (AvgIpc) is 2.91. The first-order chi connectivity index (χ1) is 10.6. The molecule has 1 aromatic carbocycles. The van der Waals surface area contributed by atoms with E-state index in [1.165, 1.54) is 10.9 Å². The van der Waals surface area contributed by atoms with Gasteiger partial charge in [0.1, 0.15) is 12.3 Å². The number of benzene rings is 1. The first kappa shape index (κ1) is 15.6. The van der Waals surface area contributed by atoms with Crippen LogP contribution < -0.4 is 10.1 Å². The SMILES string of the molecule is COc1cccc(CCC(=O)Nc2ccn(CC(=O)O)n2)c1. The fraction of sp³-hybridized carbons (Fsp3) is 0.267. The number of nitrogens with zero attached hydrogens (tertiary/aromatic N) is 2. The van der Waals surface area contributed by atoms with Crippen molar-refractivity contribution in [3.63, 3.8) is 0 Å². The molecule has 2 rings (SSSR count). The van der Waals surface area contributed by atoms with Crippen molar-refractivity contribution in [3.05, 3.63) is 42.1 Å². The summed E-state index contributed by atoms with van der Waals surface area (Å²) in [7, 11) is 1.60. The van der Waals surface area contributed by atoms with Crippen LogP contribution in [0.2, 0.25) is 0 Å². The molecule has 1 amide bonds. The second-order valence-corrected chi connectivity index (χ2v) is 4.69. The van der Waals surface area contributed by atoms with Crippen LogP contribution in [0.3, 0.4) is 0 Å². The van der Waals surface area contributed by atoms with E-state index in [0.717, 1.165) is 11.3 Å². The first-order valence-corrected chi connectivity index (χ1v) is 6.75. The van der Waals surface area contributed by atoms with E-state index in [-0.39, 0.29) is 12.5 Å². The zero-order valence-corrected chi connectivity index (χ0v) is 12.2. The van der Waals surface area contributed by atoms with Gasteiger partial charge in [-0.15, -0.1) is 0 Å². The number of rotatable bonds is 7. The Hall–Kier alpha value is -2.83. The van der Waals surface area contributed by atoms with Gasteiger partial charge < -0.3 is 15.2 Å². The van der Waals surface area contributed by atoms with E-state index in [1.54, 1.807) is 13.2 Å². The molecule has 0 aliphatic carbocycles. The molecule has 0 spiro atoms. The number of carbonyl (C=O) groups excluding carboxylic acids is 1. The number of carbonyl (C=O) groups is 2. The van der Waals surface area contributed by atoms with E-state index >= 15 is 0 Å². The summed E-state index contributed by atoms with van der Waals surface area (Å²) in [5, 5.41) is 15.2. The molecule has 0 saturated heterocycles. The molecule has 0 fully saturated rings. The van der Waals surface area contributed by atoms with Crippen LogP contribution in [0.1, 0.15) is 12.0 Å². The molecule has 0 unspecified atom stereocenters. The van der Waals surface area contributed by atoms with Gasteiger partial charge >= 0.3 is 5.97 Å². The third kappa shape index (κ3) is 4.62. The number of aliphatic carboxylic acids is 1. The minimum atomic E-state index is -0.987. The Bertz CT molecular complexity index is 666. The van der Waals surface area contributed by atoms with Crippen LogP contribution in [0.25, 0.3) is 0 Å². The molecule has 0 aliphatic heterocycles. The normalized spacial score (nSPS) is 10.2. The van der Waals surface area contributed by atoms with Gasteiger partial charge in [-0.3, -0.25) is 14.3 Å². The fourth-order valence-corrected chi connectivity index (χ4v) is 1.95. The molecule has 116 valence electrons. The van der Waals surface area contributed by atoms with E-state index in [1.807, 2.05) is 24.3 Å². The highest BCUT2D eigenvalue weighted by molar-refractivity contribution is 5.89. The zero-order valence-electron chi connectivity index (χ0n) is 12.2. The molecule has 0 bridgehead atoms. The summed E-state index contributed by atoms with van der Waals surface area (Å²) in [5.41, 5.74) is 1.01. The number of hydrogen-bond acceptors (Lipinski definition) is 4. The van der Waals surface area contributed by atoms with E-state index in [2.05, 4.69) is 10.4 Å². The number of anilines is 1. The number of ether oxygens (including phenoxy) is 1. The molecule has 22 heavy (non-hydrogen) atoms. The molecule has 0 saturated carbocycles. The molecule has 0 aliphatic rings. The Kier molecular flexibility index (Phi) is 5.13. The molecular formula is C15H17N3O4. The topological polar surface area (TPSA) is 93.5 Å².